The molecule has 5 heteroatoms. The number of carboxylic acid groups (broad SMARTS) is 1. The summed E-state index contributed by atoms with van der Waals surface area (Å²) in [4.78, 5) is 10.8. The zero-order chi connectivity index (χ0) is 9.42. The summed E-state index contributed by atoms with van der Waals surface area (Å²) >= 11 is 1.23. The van der Waals surface area contributed by atoms with Crippen molar-refractivity contribution in [1.82, 2.24) is 4.37 Å². The summed E-state index contributed by atoms with van der Waals surface area (Å²) < 4.78 is 4.02. The van der Waals surface area contributed by atoms with Crippen LogP contribution in [0.2, 0.25) is 0 Å². The van der Waals surface area contributed by atoms with Gasteiger partial charge in [-0.3, -0.25) is 0 Å². The van der Waals surface area contributed by atoms with E-state index >= 15 is 0 Å². The van der Waals surface area contributed by atoms with Crippen molar-refractivity contribution in [3.05, 3.63) is 11.3 Å². The first-order valence-corrected chi connectivity index (χ1v) is 4.92. The molecule has 1 saturated carbocycles. The summed E-state index contributed by atoms with van der Waals surface area (Å²) in [5.74, 6) is -0.894. The lowest BCUT2D eigenvalue weighted by Gasteiger charge is -2.00. The van der Waals surface area contributed by atoms with Crippen molar-refractivity contribution in [2.24, 2.45) is 0 Å². The minimum atomic E-state index is -0.894. The molecule has 1 aliphatic carbocycles. The van der Waals surface area contributed by atoms with E-state index < -0.39 is 5.97 Å². The fraction of sp³-hybridized carbons (Fsp3) is 0.500. The van der Waals surface area contributed by atoms with Gasteiger partial charge in [-0.05, 0) is 31.3 Å². The zero-order valence-corrected chi connectivity index (χ0v) is 8.02. The van der Waals surface area contributed by atoms with E-state index in [1.54, 1.807) is 6.92 Å². The first kappa shape index (κ1) is 8.50. The minimum Gasteiger partial charge on any atom is -0.478 e. The molecule has 0 aromatic carbocycles. The summed E-state index contributed by atoms with van der Waals surface area (Å²) in [5.41, 5.74) is 0.928. The molecule has 1 aliphatic rings. The Balaban J connectivity index is 2.27. The molecular formula is C8H10N2O2S. The summed E-state index contributed by atoms with van der Waals surface area (Å²) in [5, 5.41) is 12.8. The summed E-state index contributed by atoms with van der Waals surface area (Å²) in [6.45, 7) is 1.72. The average Bonchev–Trinajstić information content (AvgIpc) is 2.76. The summed E-state index contributed by atoms with van der Waals surface area (Å²) in [6.07, 6.45) is 2.27. The maximum atomic E-state index is 10.8. The molecule has 70 valence electrons. The van der Waals surface area contributed by atoms with Gasteiger partial charge in [0, 0.05) is 6.04 Å². The van der Waals surface area contributed by atoms with Gasteiger partial charge in [-0.1, -0.05) is 0 Å². The fourth-order valence-electron chi connectivity index (χ4n) is 1.13. The Morgan fingerprint density at radius 1 is 1.69 bits per heavy atom. The zero-order valence-electron chi connectivity index (χ0n) is 7.20. The SMILES string of the molecule is Cc1nsc(NC2CC2)c1C(=O)O. The number of rotatable bonds is 3. The lowest BCUT2D eigenvalue weighted by molar-refractivity contribution is 0.0697. The van der Waals surface area contributed by atoms with Crippen LogP contribution in [0.1, 0.15) is 28.9 Å². The molecule has 0 saturated heterocycles. The van der Waals surface area contributed by atoms with Gasteiger partial charge >= 0.3 is 5.97 Å². The number of carbonyl (C=O) groups is 1. The monoisotopic (exact) mass is 198 g/mol. The van der Waals surface area contributed by atoms with Crippen LogP contribution in [0, 0.1) is 6.92 Å². The molecule has 0 radical (unpaired) electrons. The van der Waals surface area contributed by atoms with Crippen LogP contribution in [-0.4, -0.2) is 21.5 Å². The van der Waals surface area contributed by atoms with E-state index in [4.69, 9.17) is 5.11 Å². The number of aryl methyl sites for hydroxylation is 1. The molecule has 1 fully saturated rings. The first-order valence-electron chi connectivity index (χ1n) is 4.14. The van der Waals surface area contributed by atoms with Crippen LogP contribution in [0.5, 0.6) is 0 Å². The van der Waals surface area contributed by atoms with E-state index in [0.717, 1.165) is 12.8 Å². The molecule has 2 rings (SSSR count). The Kier molecular flexibility index (Phi) is 1.95. The Morgan fingerprint density at radius 2 is 2.38 bits per heavy atom. The minimum absolute atomic E-state index is 0.330. The van der Waals surface area contributed by atoms with Crippen molar-refractivity contribution in [3.63, 3.8) is 0 Å². The molecule has 0 bridgehead atoms. The number of carboxylic acids is 1. The second-order valence-electron chi connectivity index (χ2n) is 3.20. The Bertz CT molecular complexity index is 344. The summed E-state index contributed by atoms with van der Waals surface area (Å²) in [7, 11) is 0. The van der Waals surface area contributed by atoms with E-state index in [1.165, 1.54) is 11.5 Å². The van der Waals surface area contributed by atoms with Gasteiger partial charge in [0.15, 0.2) is 0 Å². The van der Waals surface area contributed by atoms with Crippen LogP contribution >= 0.6 is 11.5 Å². The van der Waals surface area contributed by atoms with Crippen molar-refractivity contribution in [2.45, 2.75) is 25.8 Å². The van der Waals surface area contributed by atoms with Crippen molar-refractivity contribution >= 4 is 22.5 Å². The highest BCUT2D eigenvalue weighted by Gasteiger charge is 2.25. The van der Waals surface area contributed by atoms with Crippen LogP contribution in [-0.2, 0) is 0 Å². The number of hydrogen-bond acceptors (Lipinski definition) is 4. The number of anilines is 1. The van der Waals surface area contributed by atoms with Crippen molar-refractivity contribution < 1.29 is 9.90 Å². The highest BCUT2D eigenvalue weighted by atomic mass is 32.1. The second kappa shape index (κ2) is 2.99. The van der Waals surface area contributed by atoms with Crippen LogP contribution in [0.3, 0.4) is 0 Å². The maximum Gasteiger partial charge on any atom is 0.340 e. The lowest BCUT2D eigenvalue weighted by Crippen LogP contribution is -2.05. The van der Waals surface area contributed by atoms with Gasteiger partial charge in [0.2, 0.25) is 0 Å². The molecule has 1 heterocycles. The van der Waals surface area contributed by atoms with E-state index in [9.17, 15) is 4.79 Å². The Hall–Kier alpha value is -1.10. The molecule has 0 unspecified atom stereocenters. The molecule has 1 aromatic rings. The first-order chi connectivity index (χ1) is 6.18. The van der Waals surface area contributed by atoms with Gasteiger partial charge in [-0.2, -0.15) is 4.37 Å². The van der Waals surface area contributed by atoms with E-state index in [1.807, 2.05) is 0 Å². The Morgan fingerprint density at radius 3 is 2.92 bits per heavy atom. The average molecular weight is 198 g/mol. The fourth-order valence-corrected chi connectivity index (χ4v) is 2.00. The molecule has 0 amide bonds. The van der Waals surface area contributed by atoms with Crippen LogP contribution in [0.15, 0.2) is 0 Å². The third-order valence-electron chi connectivity index (χ3n) is 1.99. The molecule has 0 atom stereocenters. The predicted octanol–water partition coefficient (Wildman–Crippen LogP) is 1.72. The highest BCUT2D eigenvalue weighted by Crippen LogP contribution is 2.30. The molecular weight excluding hydrogens is 188 g/mol. The van der Waals surface area contributed by atoms with E-state index in [-0.39, 0.29) is 0 Å². The standard InChI is InChI=1S/C8H10N2O2S/c1-4-6(8(11)12)7(13-10-4)9-5-2-3-5/h5,9H,2-3H2,1H3,(H,11,12). The van der Waals surface area contributed by atoms with E-state index in [0.29, 0.717) is 22.3 Å². The number of aromatic nitrogens is 1. The molecule has 13 heavy (non-hydrogen) atoms. The topological polar surface area (TPSA) is 62.2 Å². The second-order valence-corrected chi connectivity index (χ2v) is 3.97. The number of nitrogens with zero attached hydrogens (tertiary/aromatic N) is 1. The number of hydrogen-bond donors (Lipinski definition) is 2. The van der Waals surface area contributed by atoms with Crippen molar-refractivity contribution in [1.29, 1.82) is 0 Å². The van der Waals surface area contributed by atoms with Gasteiger partial charge in [-0.15, -0.1) is 0 Å². The Labute approximate surface area is 79.8 Å². The van der Waals surface area contributed by atoms with Crippen LogP contribution in [0.4, 0.5) is 5.00 Å². The van der Waals surface area contributed by atoms with Crippen molar-refractivity contribution in [3.8, 4) is 0 Å². The molecule has 0 aliphatic heterocycles. The third-order valence-corrected chi connectivity index (χ3v) is 2.86. The van der Waals surface area contributed by atoms with Crippen LogP contribution in [0.25, 0.3) is 0 Å². The smallest absolute Gasteiger partial charge is 0.340 e. The summed E-state index contributed by atoms with van der Waals surface area (Å²) in [6, 6.07) is 0.470. The van der Waals surface area contributed by atoms with Gasteiger partial charge < -0.3 is 10.4 Å². The largest absolute Gasteiger partial charge is 0.478 e. The molecule has 2 N–H and O–H groups in total. The maximum absolute atomic E-state index is 10.8. The van der Waals surface area contributed by atoms with Gasteiger partial charge in [0.05, 0.1) is 5.69 Å². The molecule has 4 nitrogen and oxygen atoms in total. The predicted molar refractivity (Wildman–Crippen MR) is 50.5 cm³/mol. The normalized spacial score (nSPS) is 15.8. The van der Waals surface area contributed by atoms with Gasteiger partial charge in [0.1, 0.15) is 10.6 Å². The third kappa shape index (κ3) is 1.65. The number of aromatic carboxylic acids is 1. The quantitative estimate of drug-likeness (QED) is 0.776. The lowest BCUT2D eigenvalue weighted by atomic mass is 10.2. The van der Waals surface area contributed by atoms with Gasteiger partial charge in [0.25, 0.3) is 0 Å². The van der Waals surface area contributed by atoms with E-state index in [2.05, 4.69) is 9.69 Å². The highest BCUT2D eigenvalue weighted by molar-refractivity contribution is 7.10. The number of nitrogens with one attached hydrogen (secondary N) is 1. The van der Waals surface area contributed by atoms with Crippen molar-refractivity contribution in [2.75, 3.05) is 5.32 Å². The van der Waals surface area contributed by atoms with Gasteiger partial charge in [-0.25, -0.2) is 4.79 Å². The molecule has 0 spiro atoms. The molecule has 1 aromatic heterocycles. The van der Waals surface area contributed by atoms with Crippen LogP contribution < -0.4 is 5.32 Å².